The van der Waals surface area contributed by atoms with Gasteiger partial charge in [0.15, 0.2) is 5.84 Å². The van der Waals surface area contributed by atoms with E-state index in [1.54, 1.807) is 23.1 Å². The average molecular weight is 376 g/mol. The molecule has 21 heavy (non-hydrogen) atoms. The van der Waals surface area contributed by atoms with E-state index < -0.39 is 0 Å². The van der Waals surface area contributed by atoms with Crippen molar-refractivity contribution in [3.05, 3.63) is 33.3 Å². The molecular formula is C13H16BrClN4O2. The standard InChI is InChI=1S/C13H16BrClN4O2/c14-9-1-2-10(11(15)7-9)13(20)19-5-3-18(4-6-19)8-12(16)17-21/h1-2,7,21H,3-6,8H2,(H2,16,17). The highest BCUT2D eigenvalue weighted by Gasteiger charge is 2.23. The number of hydrogen-bond acceptors (Lipinski definition) is 4. The van der Waals surface area contributed by atoms with Gasteiger partial charge in [0, 0.05) is 30.7 Å². The third-order valence-electron chi connectivity index (χ3n) is 3.34. The van der Waals surface area contributed by atoms with Crippen LogP contribution in [0.5, 0.6) is 0 Å². The molecule has 1 aromatic rings. The van der Waals surface area contributed by atoms with Gasteiger partial charge in [-0.05, 0) is 18.2 Å². The van der Waals surface area contributed by atoms with Crippen molar-refractivity contribution >= 4 is 39.3 Å². The van der Waals surface area contributed by atoms with E-state index in [0.29, 0.717) is 43.3 Å². The highest BCUT2D eigenvalue weighted by atomic mass is 79.9. The molecule has 0 spiro atoms. The first-order chi connectivity index (χ1) is 10.0. The van der Waals surface area contributed by atoms with Crippen molar-refractivity contribution < 1.29 is 10.0 Å². The van der Waals surface area contributed by atoms with Crippen LogP contribution in [-0.4, -0.2) is 59.5 Å². The fourth-order valence-electron chi connectivity index (χ4n) is 2.20. The van der Waals surface area contributed by atoms with Crippen LogP contribution in [0.15, 0.2) is 27.8 Å². The lowest BCUT2D eigenvalue weighted by molar-refractivity contribution is 0.0653. The molecule has 1 amide bonds. The highest BCUT2D eigenvalue weighted by Crippen LogP contribution is 2.23. The van der Waals surface area contributed by atoms with E-state index in [1.807, 2.05) is 4.90 Å². The number of carbonyl (C=O) groups is 1. The maximum Gasteiger partial charge on any atom is 0.255 e. The lowest BCUT2D eigenvalue weighted by Crippen LogP contribution is -2.50. The normalized spacial score (nSPS) is 17.0. The van der Waals surface area contributed by atoms with Gasteiger partial charge in [-0.2, -0.15) is 0 Å². The summed E-state index contributed by atoms with van der Waals surface area (Å²) in [6.07, 6.45) is 0. The summed E-state index contributed by atoms with van der Waals surface area (Å²) in [6, 6.07) is 5.23. The molecule has 0 saturated carbocycles. The predicted octanol–water partition coefficient (Wildman–Crippen LogP) is 1.61. The second-order valence-electron chi connectivity index (χ2n) is 4.78. The zero-order valence-electron chi connectivity index (χ0n) is 11.3. The molecule has 0 aromatic heterocycles. The lowest BCUT2D eigenvalue weighted by atomic mass is 10.2. The van der Waals surface area contributed by atoms with Crippen molar-refractivity contribution in [2.75, 3.05) is 32.7 Å². The van der Waals surface area contributed by atoms with Crippen LogP contribution in [0.1, 0.15) is 10.4 Å². The van der Waals surface area contributed by atoms with Crippen LogP contribution in [-0.2, 0) is 0 Å². The number of piperazine rings is 1. The number of hydrogen-bond donors (Lipinski definition) is 2. The first-order valence-corrected chi connectivity index (χ1v) is 7.61. The third-order valence-corrected chi connectivity index (χ3v) is 4.14. The molecule has 2 rings (SSSR count). The number of nitrogens with two attached hydrogens (primary N) is 1. The van der Waals surface area contributed by atoms with Crippen molar-refractivity contribution in [1.82, 2.24) is 9.80 Å². The minimum atomic E-state index is -0.0732. The van der Waals surface area contributed by atoms with Gasteiger partial charge in [0.05, 0.1) is 17.1 Å². The Morgan fingerprint density at radius 2 is 2.05 bits per heavy atom. The number of oxime groups is 1. The summed E-state index contributed by atoms with van der Waals surface area (Å²) < 4.78 is 0.840. The molecule has 0 unspecified atom stereocenters. The van der Waals surface area contributed by atoms with Gasteiger partial charge in [0.2, 0.25) is 0 Å². The Morgan fingerprint density at radius 3 is 2.62 bits per heavy atom. The molecule has 1 heterocycles. The van der Waals surface area contributed by atoms with Gasteiger partial charge >= 0.3 is 0 Å². The fraction of sp³-hybridized carbons (Fsp3) is 0.385. The van der Waals surface area contributed by atoms with Crippen LogP contribution in [0.4, 0.5) is 0 Å². The van der Waals surface area contributed by atoms with Gasteiger partial charge in [0.1, 0.15) is 0 Å². The largest absolute Gasteiger partial charge is 0.409 e. The molecule has 8 heteroatoms. The summed E-state index contributed by atoms with van der Waals surface area (Å²) in [5.74, 6) is 0.0988. The van der Waals surface area contributed by atoms with Gasteiger partial charge in [0.25, 0.3) is 5.91 Å². The summed E-state index contributed by atoms with van der Waals surface area (Å²) in [5.41, 5.74) is 5.98. The molecule has 0 aliphatic carbocycles. The zero-order valence-corrected chi connectivity index (χ0v) is 13.6. The number of nitrogens with zero attached hydrogens (tertiary/aromatic N) is 3. The second kappa shape index (κ2) is 7.11. The molecule has 0 atom stereocenters. The molecule has 1 aliphatic heterocycles. The quantitative estimate of drug-likeness (QED) is 0.364. The van der Waals surface area contributed by atoms with Crippen molar-refractivity contribution in [2.45, 2.75) is 0 Å². The van der Waals surface area contributed by atoms with E-state index in [9.17, 15) is 4.79 Å². The Hall–Kier alpha value is -1.31. The Morgan fingerprint density at radius 1 is 1.38 bits per heavy atom. The molecule has 3 N–H and O–H groups in total. The predicted molar refractivity (Wildman–Crippen MR) is 84.9 cm³/mol. The molecule has 1 saturated heterocycles. The van der Waals surface area contributed by atoms with Crippen LogP contribution >= 0.6 is 27.5 Å². The van der Waals surface area contributed by atoms with E-state index in [1.165, 1.54) is 0 Å². The Bertz CT molecular complexity index is 559. The zero-order chi connectivity index (χ0) is 15.4. The molecule has 114 valence electrons. The Labute approximate surface area is 136 Å². The van der Waals surface area contributed by atoms with E-state index in [2.05, 4.69) is 21.1 Å². The molecular weight excluding hydrogens is 360 g/mol. The minimum Gasteiger partial charge on any atom is -0.409 e. The maximum atomic E-state index is 12.4. The van der Waals surface area contributed by atoms with Crippen LogP contribution < -0.4 is 5.73 Å². The number of benzene rings is 1. The van der Waals surface area contributed by atoms with E-state index in [-0.39, 0.29) is 11.7 Å². The maximum absolute atomic E-state index is 12.4. The van der Waals surface area contributed by atoms with Gasteiger partial charge in [-0.25, -0.2) is 0 Å². The van der Waals surface area contributed by atoms with Gasteiger partial charge in [-0.3, -0.25) is 9.69 Å². The SMILES string of the molecule is NC(CN1CCN(C(=O)c2ccc(Br)cc2Cl)CC1)=NO. The van der Waals surface area contributed by atoms with E-state index >= 15 is 0 Å². The number of amidine groups is 1. The summed E-state index contributed by atoms with van der Waals surface area (Å²) >= 11 is 9.43. The highest BCUT2D eigenvalue weighted by molar-refractivity contribution is 9.10. The van der Waals surface area contributed by atoms with Crippen LogP contribution in [0.2, 0.25) is 5.02 Å². The molecule has 0 radical (unpaired) electrons. The lowest BCUT2D eigenvalue weighted by Gasteiger charge is -2.34. The number of carbonyl (C=O) groups excluding carboxylic acids is 1. The minimum absolute atomic E-state index is 0.0732. The van der Waals surface area contributed by atoms with E-state index in [4.69, 9.17) is 22.5 Å². The first-order valence-electron chi connectivity index (χ1n) is 6.44. The van der Waals surface area contributed by atoms with Crippen molar-refractivity contribution in [3.8, 4) is 0 Å². The summed E-state index contributed by atoms with van der Waals surface area (Å²) in [7, 11) is 0. The van der Waals surface area contributed by atoms with Gasteiger partial charge in [-0.15, -0.1) is 0 Å². The summed E-state index contributed by atoms with van der Waals surface area (Å²) in [5, 5.41) is 12.0. The molecule has 1 aromatic carbocycles. The molecule has 6 nitrogen and oxygen atoms in total. The van der Waals surface area contributed by atoms with Gasteiger partial charge < -0.3 is 15.8 Å². The van der Waals surface area contributed by atoms with Crippen LogP contribution in [0.25, 0.3) is 0 Å². The third kappa shape index (κ3) is 4.09. The van der Waals surface area contributed by atoms with Crippen molar-refractivity contribution in [2.24, 2.45) is 10.9 Å². The van der Waals surface area contributed by atoms with Crippen LogP contribution in [0, 0.1) is 0 Å². The summed E-state index contributed by atoms with van der Waals surface area (Å²) in [6.45, 7) is 2.93. The number of amides is 1. The molecule has 1 fully saturated rings. The number of halogens is 2. The molecule has 0 bridgehead atoms. The van der Waals surface area contributed by atoms with Crippen LogP contribution in [0.3, 0.4) is 0 Å². The Balaban J connectivity index is 1.97. The fourth-order valence-corrected chi connectivity index (χ4v) is 2.96. The first kappa shape index (κ1) is 16.1. The second-order valence-corrected chi connectivity index (χ2v) is 6.11. The average Bonchev–Trinajstić information content (AvgIpc) is 2.47. The molecule has 1 aliphatic rings. The summed E-state index contributed by atoms with van der Waals surface area (Å²) in [4.78, 5) is 16.2. The Kier molecular flexibility index (Phi) is 5.44. The topological polar surface area (TPSA) is 82.2 Å². The van der Waals surface area contributed by atoms with Gasteiger partial charge in [-0.1, -0.05) is 32.7 Å². The smallest absolute Gasteiger partial charge is 0.255 e. The monoisotopic (exact) mass is 374 g/mol. The van der Waals surface area contributed by atoms with Crippen molar-refractivity contribution in [3.63, 3.8) is 0 Å². The van der Waals surface area contributed by atoms with E-state index in [0.717, 1.165) is 4.47 Å². The van der Waals surface area contributed by atoms with Crippen molar-refractivity contribution in [1.29, 1.82) is 0 Å². The number of rotatable bonds is 3.